The Hall–Kier alpha value is -2.49. The van der Waals surface area contributed by atoms with E-state index in [1.165, 1.54) is 173 Å². The maximum absolute atomic E-state index is 12.8. The minimum Gasteiger partial charge on any atom is -0.477 e. The Morgan fingerprint density at radius 3 is 1.20 bits per heavy atom. The fourth-order valence-corrected chi connectivity index (χ4v) is 8.32. The van der Waals surface area contributed by atoms with Crippen molar-refractivity contribution in [2.75, 3.05) is 47.5 Å². The molecule has 0 rings (SSSR count). The molecule has 0 aromatic carbocycles. The number of carboxylic acids is 1. The molecule has 0 saturated heterocycles. The number of allylic oxidation sites excluding steroid dienone is 6. The van der Waals surface area contributed by atoms with Gasteiger partial charge in [0.1, 0.15) is 13.2 Å². The number of unbranched alkanes of at least 4 members (excludes halogenated alkanes) is 33. The van der Waals surface area contributed by atoms with Crippen LogP contribution in [0.25, 0.3) is 0 Å². The number of rotatable bonds is 54. The van der Waals surface area contributed by atoms with Crippen LogP contribution in [0.2, 0.25) is 0 Å². The third-order valence-corrected chi connectivity index (χ3v) is 12.9. The zero-order chi connectivity index (χ0) is 50.6. The third kappa shape index (κ3) is 53.1. The van der Waals surface area contributed by atoms with Crippen LogP contribution in [-0.2, 0) is 33.3 Å². The Labute approximate surface area is 426 Å². The summed E-state index contributed by atoms with van der Waals surface area (Å²) in [5.74, 6) is -2.01. The van der Waals surface area contributed by atoms with Gasteiger partial charge in [0.05, 0.1) is 34.4 Å². The minimum absolute atomic E-state index is 0.183. The van der Waals surface area contributed by atoms with Gasteiger partial charge in [0.25, 0.3) is 6.29 Å². The van der Waals surface area contributed by atoms with E-state index in [0.717, 1.165) is 70.6 Å². The first-order valence-electron chi connectivity index (χ1n) is 29.2. The van der Waals surface area contributed by atoms with Gasteiger partial charge < -0.3 is 28.5 Å². The summed E-state index contributed by atoms with van der Waals surface area (Å²) in [5.41, 5.74) is 0. The summed E-state index contributed by atoms with van der Waals surface area (Å²) >= 11 is 0. The Bertz CT molecular complexity index is 1230. The van der Waals surface area contributed by atoms with Crippen molar-refractivity contribution in [2.45, 2.75) is 283 Å². The van der Waals surface area contributed by atoms with Gasteiger partial charge in [-0.25, -0.2) is 4.79 Å². The first kappa shape index (κ1) is 66.5. The topological polar surface area (TPSA) is 108 Å². The molecule has 0 fully saturated rings. The van der Waals surface area contributed by atoms with E-state index in [1.807, 2.05) is 21.1 Å². The molecule has 0 bridgehead atoms. The zero-order valence-electron chi connectivity index (χ0n) is 46.0. The lowest BCUT2D eigenvalue weighted by atomic mass is 10.0. The van der Waals surface area contributed by atoms with Gasteiger partial charge in [-0.05, 0) is 64.2 Å². The normalized spacial score (nSPS) is 13.0. The van der Waals surface area contributed by atoms with Crippen molar-refractivity contribution in [1.29, 1.82) is 0 Å². The van der Waals surface area contributed by atoms with E-state index in [0.29, 0.717) is 17.4 Å². The molecular formula is C60H112NO8+. The van der Waals surface area contributed by atoms with E-state index in [-0.39, 0.29) is 32.2 Å². The van der Waals surface area contributed by atoms with Gasteiger partial charge in [-0.15, -0.1) is 0 Å². The van der Waals surface area contributed by atoms with Crippen molar-refractivity contribution in [2.24, 2.45) is 0 Å². The molecular weight excluding hydrogens is 863 g/mol. The molecule has 0 radical (unpaired) electrons. The van der Waals surface area contributed by atoms with Crippen LogP contribution in [0.5, 0.6) is 0 Å². The Balaban J connectivity index is 4.01. The monoisotopic (exact) mass is 975 g/mol. The van der Waals surface area contributed by atoms with Gasteiger partial charge in [-0.3, -0.25) is 9.59 Å². The molecule has 0 aromatic heterocycles. The molecule has 2 atom stereocenters. The van der Waals surface area contributed by atoms with Gasteiger partial charge >= 0.3 is 17.9 Å². The van der Waals surface area contributed by atoms with Crippen molar-refractivity contribution in [1.82, 2.24) is 0 Å². The summed E-state index contributed by atoms with van der Waals surface area (Å²) in [6.45, 7) is 4.84. The summed E-state index contributed by atoms with van der Waals surface area (Å²) in [5, 5.41) is 9.67. The second-order valence-electron chi connectivity index (χ2n) is 20.9. The summed E-state index contributed by atoms with van der Waals surface area (Å²) in [6, 6.07) is 0. The van der Waals surface area contributed by atoms with Crippen LogP contribution in [0.15, 0.2) is 36.5 Å². The van der Waals surface area contributed by atoms with Crippen molar-refractivity contribution in [3.05, 3.63) is 36.5 Å². The number of esters is 2. The van der Waals surface area contributed by atoms with Gasteiger partial charge in [0.2, 0.25) is 0 Å². The standard InChI is InChI=1S/C60H111NO8/c1-6-8-10-12-14-16-18-19-20-21-22-23-24-25-26-27-28-29-30-31-32-33-34-35-36-37-38-39-41-43-45-47-49-51-58(63)69-56(55-68-60(59(64)65)66-53-52-61(3,4)5)54-67-57(62)50-48-46-44-42-40-17-15-13-11-9-7-2/h13,15,18-19,21-22,56,60H,6-12,14,16-17,20,23-55H2,1-5H3/p+1/b15-13-,19-18-,22-21-. The highest BCUT2D eigenvalue weighted by molar-refractivity contribution is 5.71. The van der Waals surface area contributed by atoms with Gasteiger partial charge in [-0.2, -0.15) is 0 Å². The molecule has 2 unspecified atom stereocenters. The molecule has 0 saturated carbocycles. The number of carbonyl (C=O) groups excluding carboxylic acids is 2. The Kier molecular flexibility index (Phi) is 50.0. The number of carbonyl (C=O) groups is 3. The first-order chi connectivity index (χ1) is 33.6. The molecule has 9 heteroatoms. The molecule has 0 aromatic rings. The second kappa shape index (κ2) is 51.9. The highest BCUT2D eigenvalue weighted by Crippen LogP contribution is 2.17. The summed E-state index contributed by atoms with van der Waals surface area (Å²) < 4.78 is 22.8. The molecule has 404 valence electrons. The predicted molar refractivity (Wildman–Crippen MR) is 291 cm³/mol. The maximum Gasteiger partial charge on any atom is 0.361 e. The molecule has 9 nitrogen and oxygen atoms in total. The van der Waals surface area contributed by atoms with Gasteiger partial charge in [-0.1, -0.05) is 230 Å². The van der Waals surface area contributed by atoms with E-state index < -0.39 is 24.3 Å². The summed E-state index contributed by atoms with van der Waals surface area (Å²) in [7, 11) is 5.97. The number of ether oxygens (including phenoxy) is 4. The van der Waals surface area contributed by atoms with Crippen molar-refractivity contribution in [3.63, 3.8) is 0 Å². The minimum atomic E-state index is -1.51. The quantitative estimate of drug-likeness (QED) is 0.0211. The van der Waals surface area contributed by atoms with Crippen LogP contribution >= 0.6 is 0 Å². The number of quaternary nitrogens is 1. The molecule has 0 amide bonds. The maximum atomic E-state index is 12.8. The van der Waals surface area contributed by atoms with Crippen LogP contribution in [0.3, 0.4) is 0 Å². The number of carboxylic acid groups (broad SMARTS) is 1. The van der Waals surface area contributed by atoms with Gasteiger partial charge in [0, 0.05) is 12.8 Å². The number of aliphatic carboxylic acids is 1. The van der Waals surface area contributed by atoms with Gasteiger partial charge in [0.15, 0.2) is 6.10 Å². The van der Waals surface area contributed by atoms with Crippen LogP contribution in [-0.4, -0.2) is 87.4 Å². The number of hydrogen-bond acceptors (Lipinski definition) is 7. The molecule has 0 heterocycles. The highest BCUT2D eigenvalue weighted by atomic mass is 16.7. The smallest absolute Gasteiger partial charge is 0.361 e. The van der Waals surface area contributed by atoms with Crippen molar-refractivity contribution >= 4 is 17.9 Å². The fraction of sp³-hybridized carbons (Fsp3) is 0.850. The molecule has 69 heavy (non-hydrogen) atoms. The predicted octanol–water partition coefficient (Wildman–Crippen LogP) is 16.9. The third-order valence-electron chi connectivity index (χ3n) is 12.9. The largest absolute Gasteiger partial charge is 0.477 e. The molecule has 0 aliphatic heterocycles. The molecule has 0 aliphatic carbocycles. The summed E-state index contributed by atoms with van der Waals surface area (Å²) in [4.78, 5) is 37.2. The van der Waals surface area contributed by atoms with Crippen LogP contribution in [0, 0.1) is 0 Å². The van der Waals surface area contributed by atoms with Crippen molar-refractivity contribution < 1.29 is 42.9 Å². The number of hydrogen-bond donors (Lipinski definition) is 1. The lowest BCUT2D eigenvalue weighted by Gasteiger charge is -2.25. The number of nitrogens with zero attached hydrogens (tertiary/aromatic N) is 1. The molecule has 1 N–H and O–H groups in total. The van der Waals surface area contributed by atoms with E-state index in [2.05, 4.69) is 50.3 Å². The second-order valence-corrected chi connectivity index (χ2v) is 20.9. The fourth-order valence-electron chi connectivity index (χ4n) is 8.32. The first-order valence-corrected chi connectivity index (χ1v) is 29.2. The lowest BCUT2D eigenvalue weighted by Crippen LogP contribution is -2.40. The lowest BCUT2D eigenvalue weighted by molar-refractivity contribution is -0.870. The Morgan fingerprint density at radius 2 is 0.797 bits per heavy atom. The van der Waals surface area contributed by atoms with Crippen LogP contribution in [0.1, 0.15) is 271 Å². The Morgan fingerprint density at radius 1 is 0.435 bits per heavy atom. The van der Waals surface area contributed by atoms with E-state index in [9.17, 15) is 19.5 Å². The summed E-state index contributed by atoms with van der Waals surface area (Å²) in [6.07, 6.45) is 59.6. The zero-order valence-corrected chi connectivity index (χ0v) is 46.0. The van der Waals surface area contributed by atoms with E-state index >= 15 is 0 Å². The average Bonchev–Trinajstić information content (AvgIpc) is 3.31. The molecule has 0 aliphatic rings. The number of likely N-dealkylation sites (N-methyl/N-ethyl adjacent to an activating group) is 1. The van der Waals surface area contributed by atoms with E-state index in [1.54, 1.807) is 0 Å². The van der Waals surface area contributed by atoms with Crippen LogP contribution in [0.4, 0.5) is 0 Å². The highest BCUT2D eigenvalue weighted by Gasteiger charge is 2.25. The van der Waals surface area contributed by atoms with Crippen LogP contribution < -0.4 is 0 Å². The average molecular weight is 976 g/mol. The SMILES string of the molecule is CCCC/C=C\CCCCCCCC(=O)OCC(COC(OCC[N+](C)(C)C)C(=O)O)OC(=O)CCCCCCCCCCCCCCCCCCCCCCC/C=C\C/C=C\CCCCCCC. The molecule has 0 spiro atoms. The van der Waals surface area contributed by atoms with Crippen molar-refractivity contribution in [3.8, 4) is 0 Å². The van der Waals surface area contributed by atoms with E-state index in [4.69, 9.17) is 18.9 Å².